The summed E-state index contributed by atoms with van der Waals surface area (Å²) in [5.74, 6) is -3.44. The first-order chi connectivity index (χ1) is 9.38. The smallest absolute Gasteiger partial charge is 0.153 e. The summed E-state index contributed by atoms with van der Waals surface area (Å²) in [5.41, 5.74) is -0.454. The monoisotopic (exact) mass is 303 g/mol. The van der Waals surface area contributed by atoms with E-state index in [1.165, 1.54) is 6.92 Å². The van der Waals surface area contributed by atoms with Crippen LogP contribution in [-0.2, 0) is 11.0 Å². The van der Waals surface area contributed by atoms with Gasteiger partial charge in [-0.1, -0.05) is 0 Å². The predicted octanol–water partition coefficient (Wildman–Crippen LogP) is 3.69. The van der Waals surface area contributed by atoms with Crippen LogP contribution < -0.4 is 4.72 Å². The van der Waals surface area contributed by atoms with E-state index in [2.05, 4.69) is 4.72 Å². The third-order valence-corrected chi connectivity index (χ3v) is 3.64. The summed E-state index contributed by atoms with van der Waals surface area (Å²) in [6, 6.07) is 4.42. The van der Waals surface area contributed by atoms with E-state index < -0.39 is 34.3 Å². The van der Waals surface area contributed by atoms with Crippen molar-refractivity contribution >= 4 is 16.7 Å². The third-order valence-electron chi connectivity index (χ3n) is 2.57. The Morgan fingerprint density at radius 1 is 1.00 bits per heavy atom. The Morgan fingerprint density at radius 2 is 1.60 bits per heavy atom. The molecule has 0 fully saturated rings. The maximum atomic E-state index is 13.7. The van der Waals surface area contributed by atoms with Gasteiger partial charge in [-0.25, -0.2) is 21.8 Å². The van der Waals surface area contributed by atoms with E-state index in [0.717, 1.165) is 24.3 Å². The summed E-state index contributed by atoms with van der Waals surface area (Å²) < 4.78 is 66.9. The molecule has 0 amide bonds. The van der Waals surface area contributed by atoms with Gasteiger partial charge in [-0.15, -0.1) is 0 Å². The Morgan fingerprint density at radius 3 is 2.20 bits per heavy atom. The van der Waals surface area contributed by atoms with Crippen LogP contribution in [0.4, 0.5) is 23.2 Å². The highest BCUT2D eigenvalue weighted by molar-refractivity contribution is 7.86. The quantitative estimate of drug-likeness (QED) is 0.861. The van der Waals surface area contributed by atoms with Crippen molar-refractivity contribution < 1.29 is 21.8 Å². The molecule has 0 saturated carbocycles. The third kappa shape index (κ3) is 2.98. The molecule has 20 heavy (non-hydrogen) atoms. The van der Waals surface area contributed by atoms with Crippen molar-refractivity contribution in [2.24, 2.45) is 0 Å². The van der Waals surface area contributed by atoms with E-state index in [4.69, 9.17) is 0 Å². The lowest BCUT2D eigenvalue weighted by Crippen LogP contribution is -2.08. The molecule has 0 aliphatic heterocycles. The van der Waals surface area contributed by atoms with E-state index >= 15 is 0 Å². The first kappa shape index (κ1) is 14.5. The molecule has 2 nitrogen and oxygen atoms in total. The van der Waals surface area contributed by atoms with Crippen LogP contribution >= 0.6 is 0 Å². The van der Waals surface area contributed by atoms with Crippen LogP contribution in [0.3, 0.4) is 0 Å². The van der Waals surface area contributed by atoms with Crippen LogP contribution in [0, 0.1) is 30.2 Å². The molecule has 2 aromatic carbocycles. The highest BCUT2D eigenvalue weighted by atomic mass is 32.2. The molecule has 7 heteroatoms. The zero-order chi connectivity index (χ0) is 14.9. The lowest BCUT2D eigenvalue weighted by atomic mass is 10.2. The Balaban J connectivity index is 2.30. The molecule has 1 unspecified atom stereocenters. The van der Waals surface area contributed by atoms with Crippen LogP contribution in [-0.4, -0.2) is 4.21 Å². The van der Waals surface area contributed by atoms with E-state index in [1.54, 1.807) is 0 Å². The molecular weight excluding hydrogens is 294 g/mol. The van der Waals surface area contributed by atoms with Crippen LogP contribution in [0.15, 0.2) is 35.2 Å². The molecule has 0 aliphatic rings. The second kappa shape index (κ2) is 5.62. The molecule has 1 N–H and O–H groups in total. The lowest BCUT2D eigenvalue weighted by Gasteiger charge is -2.09. The molecule has 0 radical (unpaired) electrons. The minimum Gasteiger partial charge on any atom is -0.298 e. The number of rotatable bonds is 3. The SMILES string of the molecule is Cc1c(F)ccc(NS(=O)c2cc(F)cc(F)c2)c1F. The van der Waals surface area contributed by atoms with Gasteiger partial charge in [0.25, 0.3) is 0 Å². The van der Waals surface area contributed by atoms with Crippen LogP contribution in [0.5, 0.6) is 0 Å². The van der Waals surface area contributed by atoms with Gasteiger partial charge in [0.05, 0.1) is 10.6 Å². The standard InChI is InChI=1S/C13H9F4NOS/c1-7-11(16)2-3-12(13(7)17)18-20(19)10-5-8(14)4-9(15)6-10/h2-6,18H,1H3. The van der Waals surface area contributed by atoms with Crippen molar-refractivity contribution in [1.82, 2.24) is 0 Å². The van der Waals surface area contributed by atoms with Crippen molar-refractivity contribution in [3.63, 3.8) is 0 Å². The molecule has 0 heterocycles. The first-order valence-corrected chi connectivity index (χ1v) is 6.62. The summed E-state index contributed by atoms with van der Waals surface area (Å²) in [6.07, 6.45) is 0. The van der Waals surface area contributed by atoms with Gasteiger partial charge in [0, 0.05) is 11.6 Å². The molecule has 0 aliphatic carbocycles. The number of anilines is 1. The minimum absolute atomic E-state index is 0.191. The van der Waals surface area contributed by atoms with Gasteiger partial charge in [-0.2, -0.15) is 0 Å². The van der Waals surface area contributed by atoms with E-state index in [1.807, 2.05) is 0 Å². The van der Waals surface area contributed by atoms with Gasteiger partial charge in [-0.3, -0.25) is 4.72 Å². The highest BCUT2D eigenvalue weighted by Gasteiger charge is 2.13. The van der Waals surface area contributed by atoms with Gasteiger partial charge < -0.3 is 0 Å². The highest BCUT2D eigenvalue weighted by Crippen LogP contribution is 2.22. The van der Waals surface area contributed by atoms with E-state index in [0.29, 0.717) is 6.07 Å². The second-order valence-electron chi connectivity index (χ2n) is 4.01. The topological polar surface area (TPSA) is 29.1 Å². The Bertz CT molecular complexity index is 670. The number of nitrogens with one attached hydrogen (secondary N) is 1. The molecule has 0 saturated heterocycles. The maximum absolute atomic E-state index is 13.7. The average molecular weight is 303 g/mol. The van der Waals surface area contributed by atoms with Crippen molar-refractivity contribution in [1.29, 1.82) is 0 Å². The molecule has 0 bridgehead atoms. The zero-order valence-corrected chi connectivity index (χ0v) is 11.0. The zero-order valence-electron chi connectivity index (χ0n) is 10.2. The summed E-state index contributed by atoms with van der Waals surface area (Å²) in [7, 11) is -2.07. The number of hydrogen-bond donors (Lipinski definition) is 1. The Hall–Kier alpha value is -1.89. The number of hydrogen-bond acceptors (Lipinski definition) is 1. The van der Waals surface area contributed by atoms with Crippen LogP contribution in [0.25, 0.3) is 0 Å². The second-order valence-corrected chi connectivity index (χ2v) is 5.22. The molecule has 1 atom stereocenters. The summed E-state index contributed by atoms with van der Waals surface area (Å²) in [4.78, 5) is -0.191. The van der Waals surface area contributed by atoms with Crippen molar-refractivity contribution in [2.75, 3.05) is 4.72 Å². The summed E-state index contributed by atoms with van der Waals surface area (Å²) >= 11 is 0. The van der Waals surface area contributed by atoms with Crippen molar-refractivity contribution in [3.8, 4) is 0 Å². The molecule has 0 aromatic heterocycles. The molecule has 2 rings (SSSR count). The fraction of sp³-hybridized carbons (Fsp3) is 0.0769. The van der Waals surface area contributed by atoms with Crippen molar-refractivity contribution in [3.05, 3.63) is 59.2 Å². The van der Waals surface area contributed by atoms with Gasteiger partial charge >= 0.3 is 0 Å². The summed E-state index contributed by atoms with van der Waals surface area (Å²) in [5, 5.41) is 0. The first-order valence-electron chi connectivity index (χ1n) is 5.47. The number of benzene rings is 2. The Kier molecular flexibility index (Phi) is 4.08. The van der Waals surface area contributed by atoms with Gasteiger partial charge in [0.1, 0.15) is 17.5 Å². The van der Waals surface area contributed by atoms with Gasteiger partial charge in [0.2, 0.25) is 0 Å². The Labute approximate surface area is 115 Å². The molecule has 2 aromatic rings. The molecule has 106 valence electrons. The normalized spacial score (nSPS) is 12.2. The summed E-state index contributed by atoms with van der Waals surface area (Å²) in [6.45, 7) is 1.22. The minimum atomic E-state index is -2.07. The lowest BCUT2D eigenvalue weighted by molar-refractivity contribution is 0.571. The maximum Gasteiger partial charge on any atom is 0.153 e. The van der Waals surface area contributed by atoms with Crippen molar-refractivity contribution in [2.45, 2.75) is 11.8 Å². The van der Waals surface area contributed by atoms with Crippen LogP contribution in [0.1, 0.15) is 5.56 Å². The van der Waals surface area contributed by atoms with Gasteiger partial charge in [-0.05, 0) is 31.2 Å². The molecule has 0 spiro atoms. The van der Waals surface area contributed by atoms with Crippen LogP contribution in [0.2, 0.25) is 0 Å². The molecular formula is C13H9F4NOS. The van der Waals surface area contributed by atoms with E-state index in [9.17, 15) is 21.8 Å². The largest absolute Gasteiger partial charge is 0.298 e. The fourth-order valence-corrected chi connectivity index (χ4v) is 2.45. The average Bonchev–Trinajstić information content (AvgIpc) is 2.38. The number of halogens is 4. The van der Waals surface area contributed by atoms with Gasteiger partial charge in [0.15, 0.2) is 16.8 Å². The van der Waals surface area contributed by atoms with E-state index in [-0.39, 0.29) is 16.1 Å². The fourth-order valence-electron chi connectivity index (χ4n) is 1.53. The predicted molar refractivity (Wildman–Crippen MR) is 67.5 cm³/mol.